The largest absolute Gasteiger partial charge is 0.449 e. The van der Waals surface area contributed by atoms with Crippen LogP contribution in [0, 0.1) is 17.2 Å². The predicted octanol–water partition coefficient (Wildman–Crippen LogP) is 3.53. The molecule has 1 aromatic heterocycles. The van der Waals surface area contributed by atoms with Crippen molar-refractivity contribution in [3.05, 3.63) is 51.2 Å². The Balaban J connectivity index is 2.02. The standard InChI is InChI=1S/C18H11ClF3N5O3S/c1-31-17-24-6-10(15(28)26-17)7-27-8-25-14(18(20,21)22)13(16(27)29)30-12-3-9(5-23)2-11(19)4-12/h2-4,6,8,10H,7H2,1H3. The Morgan fingerprint density at radius 1 is 1.32 bits per heavy atom. The van der Waals surface area contributed by atoms with Gasteiger partial charge in [0.05, 0.1) is 23.9 Å². The van der Waals surface area contributed by atoms with Crippen LogP contribution >= 0.6 is 23.4 Å². The molecule has 3 rings (SSSR count). The fourth-order valence-corrected chi connectivity index (χ4v) is 3.13. The van der Waals surface area contributed by atoms with Crippen molar-refractivity contribution in [3.8, 4) is 17.6 Å². The molecule has 2 aromatic rings. The molecule has 160 valence electrons. The zero-order valence-corrected chi connectivity index (χ0v) is 17.1. The van der Waals surface area contributed by atoms with Crippen molar-refractivity contribution in [2.75, 3.05) is 6.26 Å². The second kappa shape index (κ2) is 8.91. The van der Waals surface area contributed by atoms with E-state index in [1.165, 1.54) is 12.3 Å². The Kier molecular flexibility index (Phi) is 6.47. The molecule has 0 saturated carbocycles. The SMILES string of the molecule is CSC1=NC(=O)C(Cn2cnc(C(F)(F)F)c(Oc3cc(Cl)cc(C#N)c3)c2=O)C=N1. The first-order valence-corrected chi connectivity index (χ1v) is 9.98. The molecular formula is C18H11ClF3N5O3S. The van der Waals surface area contributed by atoms with E-state index >= 15 is 0 Å². The summed E-state index contributed by atoms with van der Waals surface area (Å²) in [7, 11) is 0. The van der Waals surface area contributed by atoms with Crippen LogP contribution in [-0.2, 0) is 17.5 Å². The van der Waals surface area contributed by atoms with Crippen LogP contribution in [0.2, 0.25) is 5.02 Å². The van der Waals surface area contributed by atoms with E-state index in [1.807, 2.05) is 0 Å². The zero-order valence-electron chi connectivity index (χ0n) is 15.6. The first-order valence-electron chi connectivity index (χ1n) is 8.38. The van der Waals surface area contributed by atoms with Crippen molar-refractivity contribution in [3.63, 3.8) is 0 Å². The van der Waals surface area contributed by atoms with Gasteiger partial charge in [0, 0.05) is 17.8 Å². The van der Waals surface area contributed by atoms with E-state index in [9.17, 15) is 22.8 Å². The molecule has 1 unspecified atom stereocenters. The van der Waals surface area contributed by atoms with Crippen molar-refractivity contribution in [2.45, 2.75) is 12.7 Å². The number of aromatic nitrogens is 2. The van der Waals surface area contributed by atoms with Crippen LogP contribution < -0.4 is 10.3 Å². The molecule has 1 atom stereocenters. The fraction of sp³-hybridized carbons (Fsp3) is 0.222. The van der Waals surface area contributed by atoms with E-state index in [4.69, 9.17) is 21.6 Å². The molecule has 1 aliphatic heterocycles. The van der Waals surface area contributed by atoms with Crippen LogP contribution in [0.5, 0.6) is 11.5 Å². The van der Waals surface area contributed by atoms with Gasteiger partial charge in [-0.25, -0.2) is 9.98 Å². The second-order valence-corrected chi connectivity index (χ2v) is 7.30. The zero-order chi connectivity index (χ0) is 22.8. The molecule has 1 amide bonds. The molecule has 1 aromatic carbocycles. The third-order valence-electron chi connectivity index (χ3n) is 3.95. The van der Waals surface area contributed by atoms with Gasteiger partial charge in [-0.3, -0.25) is 14.2 Å². The lowest BCUT2D eigenvalue weighted by Gasteiger charge is -2.17. The number of rotatable bonds is 4. The minimum absolute atomic E-state index is 0.0201. The highest BCUT2D eigenvalue weighted by molar-refractivity contribution is 8.13. The Labute approximate surface area is 182 Å². The number of alkyl halides is 3. The molecule has 0 N–H and O–H groups in total. The predicted molar refractivity (Wildman–Crippen MR) is 108 cm³/mol. The van der Waals surface area contributed by atoms with E-state index in [-0.39, 0.29) is 28.0 Å². The van der Waals surface area contributed by atoms with Gasteiger partial charge in [-0.2, -0.15) is 23.4 Å². The van der Waals surface area contributed by atoms with Gasteiger partial charge in [0.15, 0.2) is 10.9 Å². The second-order valence-electron chi connectivity index (χ2n) is 6.09. The number of hydrogen-bond acceptors (Lipinski definition) is 7. The van der Waals surface area contributed by atoms with Crippen molar-refractivity contribution >= 4 is 40.7 Å². The summed E-state index contributed by atoms with van der Waals surface area (Å²) < 4.78 is 46.3. The molecule has 13 heteroatoms. The molecule has 1 aliphatic rings. The summed E-state index contributed by atoms with van der Waals surface area (Å²) in [4.78, 5) is 35.9. The number of amidine groups is 1. The summed E-state index contributed by atoms with van der Waals surface area (Å²) in [5.74, 6) is -2.93. The lowest BCUT2D eigenvalue weighted by atomic mass is 10.1. The highest BCUT2D eigenvalue weighted by atomic mass is 35.5. The molecule has 0 saturated heterocycles. The summed E-state index contributed by atoms with van der Waals surface area (Å²) in [6, 6.07) is 5.33. The van der Waals surface area contributed by atoms with Crippen LogP contribution in [0.4, 0.5) is 13.2 Å². The molecule has 0 bridgehead atoms. The lowest BCUT2D eigenvalue weighted by Crippen LogP contribution is -2.32. The van der Waals surface area contributed by atoms with Gasteiger partial charge in [-0.1, -0.05) is 23.4 Å². The topological polar surface area (TPSA) is 110 Å². The fourth-order valence-electron chi connectivity index (χ4n) is 2.56. The van der Waals surface area contributed by atoms with Gasteiger partial charge in [-0.05, 0) is 24.5 Å². The normalized spacial score (nSPS) is 16.1. The number of carbonyl (C=O) groups excluding carboxylic acids is 1. The Bertz CT molecular complexity index is 1200. The van der Waals surface area contributed by atoms with E-state index in [2.05, 4.69) is 15.0 Å². The molecule has 2 heterocycles. The van der Waals surface area contributed by atoms with E-state index in [0.29, 0.717) is 6.33 Å². The minimum Gasteiger partial charge on any atom is -0.449 e. The number of nitriles is 1. The number of halogens is 4. The number of amides is 1. The Morgan fingerprint density at radius 3 is 2.68 bits per heavy atom. The number of benzene rings is 1. The molecular weight excluding hydrogens is 459 g/mol. The molecule has 0 spiro atoms. The lowest BCUT2D eigenvalue weighted by molar-refractivity contribution is -0.142. The number of thioether (sulfide) groups is 1. The van der Waals surface area contributed by atoms with Gasteiger partial charge in [-0.15, -0.1) is 0 Å². The summed E-state index contributed by atoms with van der Waals surface area (Å²) in [5, 5.41) is 9.26. The highest BCUT2D eigenvalue weighted by Crippen LogP contribution is 2.35. The van der Waals surface area contributed by atoms with E-state index < -0.39 is 35.0 Å². The molecule has 0 radical (unpaired) electrons. The third kappa shape index (κ3) is 5.12. The number of aliphatic imine (C=N–C) groups is 2. The summed E-state index contributed by atoms with van der Waals surface area (Å²) in [6.45, 7) is -0.340. The van der Waals surface area contributed by atoms with Crippen LogP contribution in [-0.4, -0.2) is 33.1 Å². The van der Waals surface area contributed by atoms with E-state index in [1.54, 1.807) is 12.3 Å². The van der Waals surface area contributed by atoms with Gasteiger partial charge in [0.25, 0.3) is 11.5 Å². The third-order valence-corrected chi connectivity index (χ3v) is 4.73. The smallest absolute Gasteiger partial charge is 0.437 e. The maximum absolute atomic E-state index is 13.4. The van der Waals surface area contributed by atoms with Crippen LogP contribution in [0.3, 0.4) is 0 Å². The first kappa shape index (κ1) is 22.5. The van der Waals surface area contributed by atoms with Crippen molar-refractivity contribution in [1.29, 1.82) is 5.26 Å². The Morgan fingerprint density at radius 2 is 2.06 bits per heavy atom. The number of nitrogens with zero attached hydrogens (tertiary/aromatic N) is 5. The van der Waals surface area contributed by atoms with Crippen molar-refractivity contribution in [2.24, 2.45) is 15.9 Å². The van der Waals surface area contributed by atoms with Crippen molar-refractivity contribution < 1.29 is 22.7 Å². The number of carbonyl (C=O) groups is 1. The van der Waals surface area contributed by atoms with Crippen LogP contribution in [0.15, 0.2) is 39.3 Å². The summed E-state index contributed by atoms with van der Waals surface area (Å²) in [5.41, 5.74) is -2.72. The van der Waals surface area contributed by atoms with Crippen LogP contribution in [0.1, 0.15) is 11.3 Å². The van der Waals surface area contributed by atoms with Gasteiger partial charge in [0.2, 0.25) is 5.75 Å². The maximum Gasteiger partial charge on any atom is 0.437 e. The molecule has 31 heavy (non-hydrogen) atoms. The highest BCUT2D eigenvalue weighted by Gasteiger charge is 2.39. The monoisotopic (exact) mass is 469 g/mol. The van der Waals surface area contributed by atoms with Gasteiger partial charge < -0.3 is 4.74 Å². The quantitative estimate of drug-likeness (QED) is 0.677. The molecule has 8 nitrogen and oxygen atoms in total. The number of hydrogen-bond donors (Lipinski definition) is 0. The molecule has 0 fully saturated rings. The average Bonchev–Trinajstić information content (AvgIpc) is 2.70. The van der Waals surface area contributed by atoms with E-state index in [0.717, 1.165) is 28.5 Å². The molecule has 0 aliphatic carbocycles. The van der Waals surface area contributed by atoms with Gasteiger partial charge >= 0.3 is 6.18 Å². The summed E-state index contributed by atoms with van der Waals surface area (Å²) >= 11 is 6.99. The average molecular weight is 470 g/mol. The number of ether oxygens (including phenoxy) is 1. The maximum atomic E-state index is 13.4. The summed E-state index contributed by atoms with van der Waals surface area (Å²) in [6.07, 6.45) is -1.39. The minimum atomic E-state index is -5.00. The Hall–Kier alpha value is -3.17. The van der Waals surface area contributed by atoms with Crippen molar-refractivity contribution in [1.82, 2.24) is 9.55 Å². The van der Waals surface area contributed by atoms with Gasteiger partial charge in [0.1, 0.15) is 5.75 Å². The van der Waals surface area contributed by atoms with Crippen LogP contribution in [0.25, 0.3) is 0 Å². The first-order chi connectivity index (χ1) is 14.6.